The van der Waals surface area contributed by atoms with Crippen LogP contribution in [0.25, 0.3) is 0 Å². The normalized spacial score (nSPS) is 25.1. The van der Waals surface area contributed by atoms with Crippen molar-refractivity contribution in [3.05, 3.63) is 0 Å². The summed E-state index contributed by atoms with van der Waals surface area (Å²) in [6, 6.07) is 0. The molecular weight excluding hydrogens is 214 g/mol. The zero-order valence-electron chi connectivity index (χ0n) is 5.26. The summed E-state index contributed by atoms with van der Waals surface area (Å²) in [5.74, 6) is 0. The van der Waals surface area contributed by atoms with Crippen molar-refractivity contribution >= 4 is 27.2 Å². The lowest BCUT2D eigenvalue weighted by molar-refractivity contribution is 0.553. The van der Waals surface area contributed by atoms with E-state index in [-0.39, 0.29) is 0 Å². The Balaban J connectivity index is 2.44. The molecular formula is C4H10BIN2. The molecule has 0 spiro atoms. The maximum Gasteiger partial charge on any atom is 0.384 e. The Hall–Kier alpha value is 0.715. The lowest BCUT2D eigenvalue weighted by atomic mass is 10.1. The van der Waals surface area contributed by atoms with E-state index in [1.165, 1.54) is 13.1 Å². The molecule has 0 atom stereocenters. The molecule has 2 nitrogen and oxygen atoms in total. The van der Waals surface area contributed by atoms with Gasteiger partial charge in [-0.15, -0.1) is 22.4 Å². The van der Waals surface area contributed by atoms with Gasteiger partial charge in [0.15, 0.2) is 0 Å². The summed E-state index contributed by atoms with van der Waals surface area (Å²) in [5, 5.41) is 0. The Morgan fingerprint density at radius 1 is 1.25 bits per heavy atom. The summed E-state index contributed by atoms with van der Waals surface area (Å²) in [6.45, 7) is 2.42. The van der Waals surface area contributed by atoms with E-state index in [4.69, 9.17) is 0 Å². The fraction of sp³-hybridized carbons (Fsp3) is 1.00. The first-order chi connectivity index (χ1) is 3.72. The van der Waals surface area contributed by atoms with Crippen LogP contribution in [0.3, 0.4) is 0 Å². The van der Waals surface area contributed by atoms with E-state index < -0.39 is 0 Å². The molecule has 0 aromatic heterocycles. The van der Waals surface area contributed by atoms with Crippen molar-refractivity contribution in [2.45, 2.75) is 0 Å². The Morgan fingerprint density at radius 2 is 1.62 bits per heavy atom. The van der Waals surface area contributed by atoms with Gasteiger partial charge in [0.25, 0.3) is 0 Å². The highest BCUT2D eigenvalue weighted by atomic mass is 127. The molecule has 1 saturated heterocycles. The van der Waals surface area contributed by atoms with Crippen molar-refractivity contribution in [2.24, 2.45) is 0 Å². The van der Waals surface area contributed by atoms with Gasteiger partial charge in [-0.1, -0.05) is 0 Å². The number of rotatable bonds is 0. The number of halogens is 1. The van der Waals surface area contributed by atoms with Crippen LogP contribution in [0.4, 0.5) is 0 Å². The van der Waals surface area contributed by atoms with Crippen LogP contribution in [0.15, 0.2) is 0 Å². The van der Waals surface area contributed by atoms with E-state index >= 15 is 0 Å². The lowest BCUT2D eigenvalue weighted by Crippen LogP contribution is -2.33. The molecule has 0 amide bonds. The monoisotopic (exact) mass is 224 g/mol. The SMILES string of the molecule is CN1CCN(C)B1I. The second kappa shape index (κ2) is 2.53. The third kappa shape index (κ3) is 1.17. The molecule has 0 unspecified atom stereocenters. The highest BCUT2D eigenvalue weighted by molar-refractivity contribution is 14.1. The number of likely N-dealkylation sites (N-methyl/N-ethyl adjacent to an activating group) is 2. The number of hydrogen-bond donors (Lipinski definition) is 0. The highest BCUT2D eigenvalue weighted by Crippen LogP contribution is 2.10. The van der Waals surface area contributed by atoms with Gasteiger partial charge in [0.2, 0.25) is 0 Å². The average molecular weight is 224 g/mol. The van der Waals surface area contributed by atoms with Crippen LogP contribution in [0.2, 0.25) is 0 Å². The molecule has 8 heavy (non-hydrogen) atoms. The Labute approximate surface area is 64.2 Å². The number of hydrogen-bond acceptors (Lipinski definition) is 2. The lowest BCUT2D eigenvalue weighted by Gasteiger charge is -2.12. The minimum Gasteiger partial charge on any atom is -0.321 e. The fourth-order valence-corrected chi connectivity index (χ4v) is 1.42. The number of nitrogens with zero attached hydrogens (tertiary/aromatic N) is 2. The van der Waals surface area contributed by atoms with Crippen molar-refractivity contribution in [3.63, 3.8) is 0 Å². The molecule has 1 rings (SSSR count). The second-order valence-electron chi connectivity index (χ2n) is 2.27. The van der Waals surface area contributed by atoms with Gasteiger partial charge in [-0.3, -0.25) is 0 Å². The standard InChI is InChI=1S/C4H10BIN2/c1-7-3-4-8(2)5(7)6/h3-4H2,1-2H3. The molecule has 0 bridgehead atoms. The van der Waals surface area contributed by atoms with Crippen molar-refractivity contribution in [2.75, 3.05) is 27.2 Å². The minimum absolute atomic E-state index is 0.618. The molecule has 0 saturated carbocycles. The first-order valence-corrected chi connectivity index (χ1v) is 4.01. The minimum atomic E-state index is 0.618. The van der Waals surface area contributed by atoms with Crippen molar-refractivity contribution < 1.29 is 0 Å². The first kappa shape index (κ1) is 6.83. The molecule has 4 heteroatoms. The van der Waals surface area contributed by atoms with Crippen LogP contribution in [-0.4, -0.2) is 41.6 Å². The van der Waals surface area contributed by atoms with E-state index in [0.717, 1.165) is 0 Å². The summed E-state index contributed by atoms with van der Waals surface area (Å²) in [6.07, 6.45) is 0. The predicted octanol–water partition coefficient (Wildman–Crippen LogP) is 0.283. The largest absolute Gasteiger partial charge is 0.384 e. The van der Waals surface area contributed by atoms with Crippen LogP contribution in [-0.2, 0) is 0 Å². The second-order valence-corrected chi connectivity index (χ2v) is 3.39. The molecule has 0 aliphatic carbocycles. The highest BCUT2D eigenvalue weighted by Gasteiger charge is 2.27. The fourth-order valence-electron chi connectivity index (χ4n) is 0.865. The Kier molecular flexibility index (Phi) is 2.16. The molecule has 1 heterocycles. The smallest absolute Gasteiger partial charge is 0.321 e. The maximum absolute atomic E-state index is 2.44. The molecule has 1 aliphatic rings. The van der Waals surface area contributed by atoms with E-state index in [1.807, 2.05) is 0 Å². The zero-order chi connectivity index (χ0) is 6.15. The molecule has 46 valence electrons. The van der Waals surface area contributed by atoms with E-state index in [0.29, 0.717) is 4.84 Å². The molecule has 1 aliphatic heterocycles. The van der Waals surface area contributed by atoms with Gasteiger partial charge in [0.05, 0.1) is 0 Å². The van der Waals surface area contributed by atoms with Gasteiger partial charge < -0.3 is 9.62 Å². The maximum atomic E-state index is 2.44. The third-order valence-corrected chi connectivity index (χ3v) is 3.43. The van der Waals surface area contributed by atoms with Crippen LogP contribution in [0, 0.1) is 0 Å². The third-order valence-electron chi connectivity index (χ3n) is 1.53. The van der Waals surface area contributed by atoms with Gasteiger partial charge in [-0.25, -0.2) is 0 Å². The Bertz CT molecular complexity index is 80.1. The zero-order valence-corrected chi connectivity index (χ0v) is 7.42. The van der Waals surface area contributed by atoms with Crippen molar-refractivity contribution in [3.8, 4) is 0 Å². The topological polar surface area (TPSA) is 6.48 Å². The summed E-state index contributed by atoms with van der Waals surface area (Å²) in [7, 11) is 4.31. The van der Waals surface area contributed by atoms with Crippen LogP contribution in [0.5, 0.6) is 0 Å². The molecule has 0 N–H and O–H groups in total. The van der Waals surface area contributed by atoms with Gasteiger partial charge in [-0.2, -0.15) is 0 Å². The molecule has 0 aromatic carbocycles. The first-order valence-electron chi connectivity index (χ1n) is 2.76. The van der Waals surface area contributed by atoms with Gasteiger partial charge in [0, 0.05) is 13.1 Å². The summed E-state index contributed by atoms with van der Waals surface area (Å²) >= 11 is 2.44. The van der Waals surface area contributed by atoms with Gasteiger partial charge >= 0.3 is 4.84 Å². The van der Waals surface area contributed by atoms with Crippen molar-refractivity contribution in [1.82, 2.24) is 9.62 Å². The predicted molar refractivity (Wildman–Crippen MR) is 45.0 cm³/mol. The van der Waals surface area contributed by atoms with E-state index in [9.17, 15) is 0 Å². The van der Waals surface area contributed by atoms with Crippen LogP contribution >= 0.6 is 22.4 Å². The van der Waals surface area contributed by atoms with E-state index in [1.54, 1.807) is 0 Å². The van der Waals surface area contributed by atoms with Crippen molar-refractivity contribution in [1.29, 1.82) is 0 Å². The summed E-state index contributed by atoms with van der Waals surface area (Å²) < 4.78 is 0. The molecule has 1 fully saturated rings. The van der Waals surface area contributed by atoms with Crippen LogP contribution < -0.4 is 0 Å². The van der Waals surface area contributed by atoms with Gasteiger partial charge in [-0.05, 0) is 14.1 Å². The Morgan fingerprint density at radius 3 is 1.75 bits per heavy atom. The summed E-state index contributed by atoms with van der Waals surface area (Å²) in [4.78, 5) is 5.29. The van der Waals surface area contributed by atoms with Crippen LogP contribution in [0.1, 0.15) is 0 Å². The average Bonchev–Trinajstić information content (AvgIpc) is 1.98. The quantitative estimate of drug-likeness (QED) is 0.430. The molecule has 0 radical (unpaired) electrons. The van der Waals surface area contributed by atoms with Gasteiger partial charge in [0.1, 0.15) is 0 Å². The summed E-state index contributed by atoms with van der Waals surface area (Å²) in [5.41, 5.74) is 0. The van der Waals surface area contributed by atoms with E-state index in [2.05, 4.69) is 46.1 Å². The molecule has 0 aromatic rings.